The Hall–Kier alpha value is -1.82. The molecule has 0 aliphatic carbocycles. The summed E-state index contributed by atoms with van der Waals surface area (Å²) in [4.78, 5) is 0. The molecule has 0 amide bonds. The third kappa shape index (κ3) is 2.85. The molecule has 0 atom stereocenters. The minimum Gasteiger partial charge on any atom is -0.307 e. The van der Waals surface area contributed by atoms with Gasteiger partial charge in [-0.2, -0.15) is 5.10 Å². The van der Waals surface area contributed by atoms with E-state index in [-0.39, 0.29) is 6.54 Å². The lowest BCUT2D eigenvalue weighted by Gasteiger charge is -2.04. The maximum atomic E-state index is 12.9. The average molecular weight is 241 g/mol. The smallest absolute Gasteiger partial charge is 0.194 e. The molecule has 0 aliphatic rings. The minimum absolute atomic E-state index is 0.243. The third-order valence-electron chi connectivity index (χ3n) is 2.25. The van der Waals surface area contributed by atoms with Gasteiger partial charge >= 0.3 is 0 Å². The van der Waals surface area contributed by atoms with E-state index >= 15 is 0 Å². The molecule has 0 saturated heterocycles. The number of halogens is 3. The van der Waals surface area contributed by atoms with Crippen LogP contribution < -0.4 is 5.32 Å². The van der Waals surface area contributed by atoms with Crippen LogP contribution in [0.2, 0.25) is 0 Å². The molecule has 1 heterocycles. The van der Waals surface area contributed by atoms with Gasteiger partial charge in [0.1, 0.15) is 0 Å². The fourth-order valence-corrected chi connectivity index (χ4v) is 1.43. The van der Waals surface area contributed by atoms with Crippen molar-refractivity contribution in [2.75, 3.05) is 0 Å². The van der Waals surface area contributed by atoms with Crippen molar-refractivity contribution in [2.24, 2.45) is 0 Å². The van der Waals surface area contributed by atoms with Crippen molar-refractivity contribution in [1.82, 2.24) is 15.5 Å². The Balaban J connectivity index is 1.95. The average Bonchev–Trinajstić information content (AvgIpc) is 2.79. The van der Waals surface area contributed by atoms with Crippen LogP contribution in [0.15, 0.2) is 24.4 Å². The van der Waals surface area contributed by atoms with Crippen molar-refractivity contribution in [3.8, 4) is 0 Å². The van der Waals surface area contributed by atoms with E-state index in [0.29, 0.717) is 12.1 Å². The molecule has 1 aromatic carbocycles. The standard InChI is InChI=1S/C11H10F3N3/c12-9-3-7(4-10(13)11(9)14)5-15-6-8-1-2-16-17-8/h1-4,15H,5-6H2,(H,16,17). The Morgan fingerprint density at radius 2 is 1.82 bits per heavy atom. The number of nitrogens with one attached hydrogen (secondary N) is 2. The lowest BCUT2D eigenvalue weighted by atomic mass is 10.2. The molecule has 0 bridgehead atoms. The molecule has 0 aliphatic heterocycles. The maximum Gasteiger partial charge on any atom is 0.194 e. The molecule has 3 nitrogen and oxygen atoms in total. The summed E-state index contributed by atoms with van der Waals surface area (Å²) in [6.45, 7) is 0.730. The van der Waals surface area contributed by atoms with Gasteiger partial charge in [-0.3, -0.25) is 5.10 Å². The summed E-state index contributed by atoms with van der Waals surface area (Å²) >= 11 is 0. The van der Waals surface area contributed by atoms with Crippen molar-refractivity contribution in [2.45, 2.75) is 13.1 Å². The van der Waals surface area contributed by atoms with Gasteiger partial charge in [0.2, 0.25) is 0 Å². The molecule has 0 saturated carbocycles. The molecule has 2 aromatic rings. The second-order valence-corrected chi connectivity index (χ2v) is 3.56. The zero-order chi connectivity index (χ0) is 12.3. The summed E-state index contributed by atoms with van der Waals surface area (Å²) in [5.41, 5.74) is 1.20. The molecule has 90 valence electrons. The molecule has 6 heteroatoms. The van der Waals surface area contributed by atoms with Crippen LogP contribution in [0.3, 0.4) is 0 Å². The number of nitrogens with zero attached hydrogens (tertiary/aromatic N) is 1. The van der Waals surface area contributed by atoms with E-state index in [1.54, 1.807) is 12.3 Å². The Labute approximate surface area is 95.7 Å². The number of aromatic nitrogens is 2. The van der Waals surface area contributed by atoms with Crippen LogP contribution in [0.25, 0.3) is 0 Å². The Bertz CT molecular complexity index is 474. The van der Waals surface area contributed by atoms with Crippen LogP contribution in [0.5, 0.6) is 0 Å². The first-order chi connectivity index (χ1) is 8.16. The summed E-state index contributed by atoms with van der Waals surface area (Å²) in [7, 11) is 0. The van der Waals surface area contributed by atoms with Crippen LogP contribution in [0.1, 0.15) is 11.3 Å². The van der Waals surface area contributed by atoms with E-state index in [9.17, 15) is 13.2 Å². The molecule has 0 radical (unpaired) electrons. The monoisotopic (exact) mass is 241 g/mol. The normalized spacial score (nSPS) is 10.8. The summed E-state index contributed by atoms with van der Waals surface area (Å²) in [5, 5.41) is 9.44. The first-order valence-corrected chi connectivity index (χ1v) is 4.99. The lowest BCUT2D eigenvalue weighted by Crippen LogP contribution is -2.13. The van der Waals surface area contributed by atoms with Crippen LogP contribution in [-0.2, 0) is 13.1 Å². The predicted octanol–water partition coefficient (Wildman–Crippen LogP) is 2.12. The van der Waals surface area contributed by atoms with Crippen molar-refractivity contribution in [3.05, 3.63) is 53.1 Å². The van der Waals surface area contributed by atoms with Gasteiger partial charge in [-0.15, -0.1) is 0 Å². The second-order valence-electron chi connectivity index (χ2n) is 3.56. The molecule has 0 unspecified atom stereocenters. The van der Waals surface area contributed by atoms with Crippen molar-refractivity contribution < 1.29 is 13.2 Å². The molecular weight excluding hydrogens is 231 g/mol. The highest BCUT2D eigenvalue weighted by molar-refractivity contribution is 5.19. The summed E-state index contributed by atoms with van der Waals surface area (Å²) in [6, 6.07) is 3.72. The summed E-state index contributed by atoms with van der Waals surface area (Å²) in [6.07, 6.45) is 1.61. The van der Waals surface area contributed by atoms with Gasteiger partial charge in [0.25, 0.3) is 0 Å². The van der Waals surface area contributed by atoms with Gasteiger partial charge in [-0.05, 0) is 23.8 Å². The SMILES string of the molecule is Fc1cc(CNCc2ccn[nH]2)cc(F)c1F. The second kappa shape index (κ2) is 5.01. The number of aromatic amines is 1. The number of hydrogen-bond donors (Lipinski definition) is 2. The van der Waals surface area contributed by atoms with E-state index in [0.717, 1.165) is 17.8 Å². The van der Waals surface area contributed by atoms with Crippen LogP contribution >= 0.6 is 0 Å². The van der Waals surface area contributed by atoms with Gasteiger partial charge in [-0.25, -0.2) is 13.2 Å². The first-order valence-electron chi connectivity index (χ1n) is 4.99. The fourth-order valence-electron chi connectivity index (χ4n) is 1.43. The van der Waals surface area contributed by atoms with E-state index < -0.39 is 17.5 Å². The molecular formula is C11H10F3N3. The van der Waals surface area contributed by atoms with Gasteiger partial charge < -0.3 is 5.32 Å². The van der Waals surface area contributed by atoms with E-state index in [1.807, 2.05) is 0 Å². The first kappa shape index (κ1) is 11.7. The van der Waals surface area contributed by atoms with Crippen LogP contribution in [-0.4, -0.2) is 10.2 Å². The van der Waals surface area contributed by atoms with Gasteiger partial charge in [0.15, 0.2) is 17.5 Å². The van der Waals surface area contributed by atoms with E-state index in [4.69, 9.17) is 0 Å². The quantitative estimate of drug-likeness (QED) is 0.805. The number of benzene rings is 1. The molecule has 1 aromatic heterocycles. The fraction of sp³-hybridized carbons (Fsp3) is 0.182. The Morgan fingerprint density at radius 1 is 1.12 bits per heavy atom. The lowest BCUT2D eigenvalue weighted by molar-refractivity contribution is 0.444. The van der Waals surface area contributed by atoms with Crippen molar-refractivity contribution in [3.63, 3.8) is 0 Å². The predicted molar refractivity (Wildman–Crippen MR) is 55.4 cm³/mol. The Kier molecular flexibility index (Phi) is 3.43. The summed E-state index contributed by atoms with van der Waals surface area (Å²) in [5.74, 6) is -3.80. The zero-order valence-corrected chi connectivity index (χ0v) is 8.80. The number of H-pyrrole nitrogens is 1. The summed E-state index contributed by atoms with van der Waals surface area (Å²) < 4.78 is 38.4. The zero-order valence-electron chi connectivity index (χ0n) is 8.80. The molecule has 17 heavy (non-hydrogen) atoms. The van der Waals surface area contributed by atoms with Crippen molar-refractivity contribution >= 4 is 0 Å². The topological polar surface area (TPSA) is 40.7 Å². The van der Waals surface area contributed by atoms with E-state index in [1.165, 1.54) is 0 Å². The largest absolute Gasteiger partial charge is 0.307 e. The molecule has 0 spiro atoms. The molecule has 2 N–H and O–H groups in total. The van der Waals surface area contributed by atoms with Gasteiger partial charge in [0, 0.05) is 25.0 Å². The van der Waals surface area contributed by atoms with Crippen LogP contribution in [0.4, 0.5) is 13.2 Å². The van der Waals surface area contributed by atoms with Gasteiger partial charge in [0.05, 0.1) is 0 Å². The highest BCUT2D eigenvalue weighted by Gasteiger charge is 2.09. The maximum absolute atomic E-state index is 12.9. The Morgan fingerprint density at radius 3 is 2.41 bits per heavy atom. The number of hydrogen-bond acceptors (Lipinski definition) is 2. The molecule has 2 rings (SSSR count). The molecule has 0 fully saturated rings. The number of rotatable bonds is 4. The van der Waals surface area contributed by atoms with Gasteiger partial charge in [-0.1, -0.05) is 0 Å². The van der Waals surface area contributed by atoms with E-state index in [2.05, 4.69) is 15.5 Å². The highest BCUT2D eigenvalue weighted by Crippen LogP contribution is 2.13. The minimum atomic E-state index is -1.44. The highest BCUT2D eigenvalue weighted by atomic mass is 19.2. The van der Waals surface area contributed by atoms with Crippen LogP contribution in [0, 0.1) is 17.5 Å². The third-order valence-corrected chi connectivity index (χ3v) is 2.25. The van der Waals surface area contributed by atoms with Crippen molar-refractivity contribution in [1.29, 1.82) is 0 Å².